The SMILES string of the molecule is COc1ccc(-n2nnnc2SCC(=O)NC(=O)Nc2ccc(Br)cc2)cc1. The van der Waals surface area contributed by atoms with Gasteiger partial charge in [0.25, 0.3) is 0 Å². The van der Waals surface area contributed by atoms with E-state index in [9.17, 15) is 9.59 Å². The van der Waals surface area contributed by atoms with Crippen molar-refractivity contribution in [1.29, 1.82) is 0 Å². The van der Waals surface area contributed by atoms with Crippen molar-refractivity contribution in [3.8, 4) is 11.4 Å². The number of amides is 3. The normalized spacial score (nSPS) is 10.4. The van der Waals surface area contributed by atoms with Crippen LogP contribution in [0.3, 0.4) is 0 Å². The van der Waals surface area contributed by atoms with Crippen LogP contribution in [0.5, 0.6) is 5.75 Å². The molecule has 0 aliphatic carbocycles. The summed E-state index contributed by atoms with van der Waals surface area (Å²) in [4.78, 5) is 23.9. The Bertz CT molecular complexity index is 962. The van der Waals surface area contributed by atoms with Crippen molar-refractivity contribution in [3.05, 3.63) is 53.0 Å². The number of benzene rings is 2. The van der Waals surface area contributed by atoms with Crippen LogP contribution in [0.2, 0.25) is 0 Å². The molecule has 3 amide bonds. The number of imide groups is 1. The summed E-state index contributed by atoms with van der Waals surface area (Å²) in [6, 6.07) is 13.5. The first-order chi connectivity index (χ1) is 13.5. The maximum Gasteiger partial charge on any atom is 0.325 e. The molecule has 0 atom stereocenters. The van der Waals surface area contributed by atoms with Gasteiger partial charge in [0.05, 0.1) is 18.6 Å². The van der Waals surface area contributed by atoms with Crippen molar-refractivity contribution in [2.75, 3.05) is 18.2 Å². The van der Waals surface area contributed by atoms with Crippen LogP contribution in [0.4, 0.5) is 10.5 Å². The van der Waals surface area contributed by atoms with E-state index in [1.807, 2.05) is 0 Å². The minimum absolute atomic E-state index is 0.0235. The molecular weight excluding hydrogens is 448 g/mol. The topological polar surface area (TPSA) is 111 Å². The van der Waals surface area contributed by atoms with Gasteiger partial charge in [-0.05, 0) is 59.0 Å². The number of ether oxygens (including phenoxy) is 1. The summed E-state index contributed by atoms with van der Waals surface area (Å²) in [6.07, 6.45) is 0. The number of hydrogen-bond donors (Lipinski definition) is 2. The molecule has 0 bridgehead atoms. The van der Waals surface area contributed by atoms with E-state index in [0.29, 0.717) is 16.6 Å². The van der Waals surface area contributed by atoms with Gasteiger partial charge in [-0.1, -0.05) is 27.7 Å². The molecule has 11 heteroatoms. The summed E-state index contributed by atoms with van der Waals surface area (Å²) in [5.41, 5.74) is 1.30. The van der Waals surface area contributed by atoms with Crippen LogP contribution in [-0.4, -0.2) is 45.0 Å². The van der Waals surface area contributed by atoms with Gasteiger partial charge in [0, 0.05) is 10.2 Å². The fourth-order valence-corrected chi connectivity index (χ4v) is 3.10. The maximum absolute atomic E-state index is 12.0. The van der Waals surface area contributed by atoms with Gasteiger partial charge in [0.1, 0.15) is 5.75 Å². The third-order valence-corrected chi connectivity index (χ3v) is 4.89. The van der Waals surface area contributed by atoms with Crippen molar-refractivity contribution >= 4 is 45.3 Å². The second-order valence-corrected chi connectivity index (χ2v) is 7.23. The van der Waals surface area contributed by atoms with Crippen molar-refractivity contribution in [2.24, 2.45) is 0 Å². The van der Waals surface area contributed by atoms with Gasteiger partial charge in [-0.2, -0.15) is 4.68 Å². The van der Waals surface area contributed by atoms with Crippen LogP contribution in [0.1, 0.15) is 0 Å². The summed E-state index contributed by atoms with van der Waals surface area (Å²) in [5.74, 6) is 0.218. The Kier molecular flexibility index (Phi) is 6.61. The lowest BCUT2D eigenvalue weighted by molar-refractivity contribution is -0.117. The minimum Gasteiger partial charge on any atom is -0.497 e. The quantitative estimate of drug-likeness (QED) is 0.541. The number of anilines is 1. The van der Waals surface area contributed by atoms with Crippen LogP contribution >= 0.6 is 27.7 Å². The van der Waals surface area contributed by atoms with E-state index >= 15 is 0 Å². The highest BCUT2D eigenvalue weighted by Gasteiger charge is 2.13. The largest absolute Gasteiger partial charge is 0.497 e. The Morgan fingerprint density at radius 3 is 2.54 bits per heavy atom. The molecule has 1 heterocycles. The Morgan fingerprint density at radius 2 is 1.86 bits per heavy atom. The van der Waals surface area contributed by atoms with E-state index in [2.05, 4.69) is 42.1 Å². The van der Waals surface area contributed by atoms with Crippen molar-refractivity contribution in [3.63, 3.8) is 0 Å². The number of nitrogens with zero attached hydrogens (tertiary/aromatic N) is 4. The third-order valence-electron chi connectivity index (χ3n) is 3.45. The van der Waals surface area contributed by atoms with Crippen molar-refractivity contribution in [2.45, 2.75) is 5.16 Å². The van der Waals surface area contributed by atoms with Crippen molar-refractivity contribution in [1.82, 2.24) is 25.5 Å². The zero-order valence-electron chi connectivity index (χ0n) is 14.6. The number of urea groups is 1. The minimum atomic E-state index is -0.609. The monoisotopic (exact) mass is 462 g/mol. The van der Waals surface area contributed by atoms with E-state index in [4.69, 9.17) is 4.74 Å². The van der Waals surface area contributed by atoms with Gasteiger partial charge in [0.15, 0.2) is 0 Å². The molecule has 1 aromatic heterocycles. The van der Waals surface area contributed by atoms with Gasteiger partial charge in [0.2, 0.25) is 11.1 Å². The lowest BCUT2D eigenvalue weighted by Gasteiger charge is -2.07. The summed E-state index contributed by atoms with van der Waals surface area (Å²) >= 11 is 4.43. The fraction of sp³-hybridized carbons (Fsp3) is 0.118. The molecular formula is C17H15BrN6O3S. The summed E-state index contributed by atoms with van der Waals surface area (Å²) in [6.45, 7) is 0. The molecule has 3 aromatic rings. The fourth-order valence-electron chi connectivity index (χ4n) is 2.14. The van der Waals surface area contributed by atoms with E-state index < -0.39 is 11.9 Å². The number of carbonyl (C=O) groups excluding carboxylic acids is 2. The second-order valence-electron chi connectivity index (χ2n) is 5.37. The number of methoxy groups -OCH3 is 1. The first-order valence-electron chi connectivity index (χ1n) is 7.97. The summed E-state index contributed by atoms with van der Waals surface area (Å²) in [5, 5.41) is 16.7. The van der Waals surface area contributed by atoms with Crippen molar-refractivity contribution < 1.29 is 14.3 Å². The number of tetrazole rings is 1. The number of halogens is 1. The Hall–Kier alpha value is -2.92. The van der Waals surface area contributed by atoms with Crippen LogP contribution in [0, 0.1) is 0 Å². The van der Waals surface area contributed by atoms with Crippen LogP contribution in [-0.2, 0) is 4.79 Å². The number of thioether (sulfide) groups is 1. The zero-order valence-corrected chi connectivity index (χ0v) is 17.0. The number of rotatable bonds is 6. The number of nitrogens with one attached hydrogen (secondary N) is 2. The highest BCUT2D eigenvalue weighted by Crippen LogP contribution is 2.20. The molecule has 0 aliphatic rings. The number of aromatic nitrogens is 4. The standard InChI is InChI=1S/C17H15BrN6O3S/c1-27-14-8-6-13(7-9-14)24-17(21-22-23-24)28-10-15(25)20-16(26)19-12-4-2-11(18)3-5-12/h2-9H,10H2,1H3,(H2,19,20,25,26). The molecule has 0 fully saturated rings. The number of carbonyl (C=O) groups is 2. The Labute approximate surface area is 173 Å². The Balaban J connectivity index is 1.54. The molecule has 2 aromatic carbocycles. The Morgan fingerprint density at radius 1 is 1.14 bits per heavy atom. The van der Waals surface area contributed by atoms with Gasteiger partial charge in [-0.15, -0.1) is 5.10 Å². The van der Waals surface area contributed by atoms with E-state index in [1.54, 1.807) is 55.6 Å². The van der Waals surface area contributed by atoms with Gasteiger partial charge in [-0.3, -0.25) is 10.1 Å². The summed E-state index contributed by atoms with van der Waals surface area (Å²) < 4.78 is 7.51. The maximum atomic E-state index is 12.0. The van der Waals surface area contributed by atoms with Crippen LogP contribution < -0.4 is 15.4 Å². The highest BCUT2D eigenvalue weighted by atomic mass is 79.9. The smallest absolute Gasteiger partial charge is 0.325 e. The molecule has 144 valence electrons. The van der Waals surface area contributed by atoms with E-state index in [0.717, 1.165) is 21.9 Å². The molecule has 2 N–H and O–H groups in total. The third kappa shape index (κ3) is 5.30. The molecule has 0 aliphatic heterocycles. The molecule has 28 heavy (non-hydrogen) atoms. The lowest BCUT2D eigenvalue weighted by Crippen LogP contribution is -2.35. The molecule has 3 rings (SSSR count). The van der Waals surface area contributed by atoms with Gasteiger partial charge >= 0.3 is 6.03 Å². The molecule has 0 radical (unpaired) electrons. The molecule has 9 nitrogen and oxygen atoms in total. The lowest BCUT2D eigenvalue weighted by atomic mass is 10.3. The molecule has 0 saturated heterocycles. The first-order valence-corrected chi connectivity index (χ1v) is 9.75. The molecule has 0 saturated carbocycles. The predicted octanol–water partition coefficient (Wildman–Crippen LogP) is 2.87. The predicted molar refractivity (Wildman–Crippen MR) is 108 cm³/mol. The zero-order chi connectivity index (χ0) is 19.9. The van der Waals surface area contributed by atoms with Crippen LogP contribution in [0.25, 0.3) is 5.69 Å². The summed E-state index contributed by atoms with van der Waals surface area (Å²) in [7, 11) is 1.58. The van der Waals surface area contributed by atoms with Gasteiger partial charge < -0.3 is 10.1 Å². The van der Waals surface area contributed by atoms with Crippen LogP contribution in [0.15, 0.2) is 58.2 Å². The number of hydrogen-bond acceptors (Lipinski definition) is 7. The van der Waals surface area contributed by atoms with E-state index in [-0.39, 0.29) is 5.75 Å². The second kappa shape index (κ2) is 9.33. The first kappa shape index (κ1) is 19.8. The average Bonchev–Trinajstić information content (AvgIpc) is 3.17. The molecule has 0 spiro atoms. The van der Waals surface area contributed by atoms with E-state index in [1.165, 1.54) is 4.68 Å². The van der Waals surface area contributed by atoms with Gasteiger partial charge in [-0.25, -0.2) is 4.79 Å². The highest BCUT2D eigenvalue weighted by molar-refractivity contribution is 9.10. The molecule has 0 unspecified atom stereocenters. The average molecular weight is 463 g/mol.